The van der Waals surface area contributed by atoms with Crippen LogP contribution >= 0.6 is 177 Å². The van der Waals surface area contributed by atoms with Crippen molar-refractivity contribution in [1.29, 1.82) is 0 Å². The quantitative estimate of drug-likeness (QED) is 0.231. The summed E-state index contributed by atoms with van der Waals surface area (Å²) < 4.78 is -8.48. The van der Waals surface area contributed by atoms with E-state index in [4.69, 9.17) is 81.2 Å². The Balaban J connectivity index is 2.93. The van der Waals surface area contributed by atoms with E-state index in [0.717, 1.165) is 0 Å². The first-order valence-electron chi connectivity index (χ1n) is 6.15. The number of alkyl halides is 13. The van der Waals surface area contributed by atoms with Crippen LogP contribution in [0.15, 0.2) is 24.3 Å². The molecule has 13 heteroatoms. The van der Waals surface area contributed by atoms with Gasteiger partial charge in [0.25, 0.3) is 0 Å². The van der Waals surface area contributed by atoms with Crippen molar-refractivity contribution in [1.82, 2.24) is 0 Å². The first kappa shape index (κ1) is 25.6. The van der Waals surface area contributed by atoms with Crippen LogP contribution in [0.3, 0.4) is 0 Å². The van der Waals surface area contributed by atoms with Gasteiger partial charge in [-0.1, -0.05) is 120 Å². The Hall–Kier alpha value is 4.39. The summed E-state index contributed by atoms with van der Waals surface area (Å²) >= 11 is 68.5. The molecule has 0 saturated heterocycles. The van der Waals surface area contributed by atoms with Crippen molar-refractivity contribution >= 4 is 177 Å². The van der Waals surface area contributed by atoms with Crippen LogP contribution in [0.2, 0.25) is 0 Å². The SMILES string of the molecule is ClC1(C2(Cl)C(Cl)(Br)C(Cl)(Br)C(Cl)(Br)C(Cl)(Br)C2(Cl)Br)C=CC=CC1Br. The van der Waals surface area contributed by atoms with Crippen LogP contribution in [-0.2, 0) is 0 Å². The molecular formula is C12H5Br6Cl7. The number of halogens is 13. The van der Waals surface area contributed by atoms with Crippen molar-refractivity contribution in [3.05, 3.63) is 24.3 Å². The number of allylic oxidation sites excluding steroid dienone is 4. The highest BCUT2D eigenvalue weighted by atomic mass is 79.9. The fraction of sp³-hybridized carbons (Fsp3) is 0.667. The second-order valence-corrected chi connectivity index (χ2v) is 18.7. The van der Waals surface area contributed by atoms with Gasteiger partial charge in [0.15, 0.2) is 18.9 Å². The molecule has 0 nitrogen and oxygen atoms in total. The fourth-order valence-corrected chi connectivity index (χ4v) is 12.5. The van der Waals surface area contributed by atoms with Gasteiger partial charge in [-0.3, -0.25) is 0 Å². The molecule has 0 aromatic carbocycles. The summed E-state index contributed by atoms with van der Waals surface area (Å²) in [6.45, 7) is 0. The molecular weight excluding hydrogens is 872 g/mol. The number of rotatable bonds is 1. The molecule has 0 N–H and O–H groups in total. The average molecular weight is 877 g/mol. The van der Waals surface area contributed by atoms with Gasteiger partial charge in [0.1, 0.15) is 9.75 Å². The highest BCUT2D eigenvalue weighted by Gasteiger charge is 2.90. The normalized spacial score (nSPS) is 62.2. The van der Waals surface area contributed by atoms with Crippen LogP contribution in [0.25, 0.3) is 0 Å². The molecule has 0 aromatic heterocycles. The summed E-state index contributed by atoms with van der Waals surface area (Å²) in [4.78, 5) is -3.63. The molecule has 0 radical (unpaired) electrons. The lowest BCUT2D eigenvalue weighted by Gasteiger charge is -2.68. The standard InChI is InChI=1S/C12H5Br6Cl7/c13-5-3-1-2-4-6(5,19)7(20)8(14,21)10(16,23)12(18,25)11(17,24)9(7,15)22/h1-5H. The molecule has 2 aliphatic carbocycles. The predicted octanol–water partition coefficient (Wildman–Crippen LogP) is 9.49. The lowest BCUT2D eigenvalue weighted by atomic mass is 9.73. The second kappa shape index (κ2) is 7.47. The molecule has 2 aliphatic rings. The van der Waals surface area contributed by atoms with Crippen molar-refractivity contribution in [2.75, 3.05) is 0 Å². The van der Waals surface area contributed by atoms with E-state index in [1.54, 1.807) is 24.3 Å². The number of hydrogen-bond donors (Lipinski definition) is 0. The minimum Gasteiger partial charge on any atom is -0.111 e. The molecule has 6 atom stereocenters. The summed E-state index contributed by atoms with van der Waals surface area (Å²) in [7, 11) is 0. The smallest absolute Gasteiger partial charge is 0.111 e. The molecule has 0 heterocycles. The van der Waals surface area contributed by atoms with Crippen molar-refractivity contribution in [2.24, 2.45) is 0 Å². The molecule has 0 aromatic rings. The van der Waals surface area contributed by atoms with Gasteiger partial charge in [0, 0.05) is 0 Å². The monoisotopic (exact) mass is 867 g/mol. The Morgan fingerprint density at radius 1 is 0.600 bits per heavy atom. The fourth-order valence-electron chi connectivity index (χ4n) is 2.60. The highest BCUT2D eigenvalue weighted by molar-refractivity contribution is 9.16. The van der Waals surface area contributed by atoms with E-state index in [9.17, 15) is 0 Å². The van der Waals surface area contributed by atoms with Crippen molar-refractivity contribution < 1.29 is 0 Å². The summed E-state index contributed by atoms with van der Waals surface area (Å²) in [5, 5.41) is 0. The van der Waals surface area contributed by atoms with Crippen molar-refractivity contribution in [3.63, 3.8) is 0 Å². The van der Waals surface area contributed by atoms with Gasteiger partial charge in [0.05, 0.1) is 4.83 Å². The summed E-state index contributed by atoms with van der Waals surface area (Å²) in [6, 6.07) is 0. The molecule has 1 fully saturated rings. The van der Waals surface area contributed by atoms with E-state index in [2.05, 4.69) is 95.6 Å². The molecule has 2 rings (SSSR count). The topological polar surface area (TPSA) is 0 Å². The molecule has 0 spiro atoms. The molecule has 0 aliphatic heterocycles. The van der Waals surface area contributed by atoms with E-state index in [0.29, 0.717) is 0 Å². The predicted molar refractivity (Wildman–Crippen MR) is 136 cm³/mol. The zero-order chi connectivity index (χ0) is 19.9. The van der Waals surface area contributed by atoms with Gasteiger partial charge in [-0.05, 0) is 0 Å². The zero-order valence-electron chi connectivity index (χ0n) is 11.3. The van der Waals surface area contributed by atoms with Crippen LogP contribution < -0.4 is 0 Å². The first-order valence-corrected chi connectivity index (χ1v) is 13.7. The van der Waals surface area contributed by atoms with Gasteiger partial charge in [-0.2, -0.15) is 0 Å². The van der Waals surface area contributed by atoms with Gasteiger partial charge in [-0.15, -0.1) is 81.2 Å². The first-order chi connectivity index (χ1) is 10.9. The molecule has 0 bridgehead atoms. The average Bonchev–Trinajstić information content (AvgIpc) is 2.47. The third-order valence-electron chi connectivity index (χ3n) is 4.10. The van der Waals surface area contributed by atoms with E-state index in [-0.39, 0.29) is 0 Å². The Bertz CT molecular complexity index is 614. The molecule has 1 saturated carbocycles. The summed E-state index contributed by atoms with van der Waals surface area (Å²) in [5.41, 5.74) is 0. The Morgan fingerprint density at radius 2 is 0.960 bits per heavy atom. The zero-order valence-corrected chi connectivity index (χ0v) is 26.1. The van der Waals surface area contributed by atoms with Gasteiger partial charge in [0.2, 0.25) is 0 Å². The maximum absolute atomic E-state index is 7.16. The minimum atomic E-state index is -1.78. The van der Waals surface area contributed by atoms with E-state index in [1.807, 2.05) is 0 Å². The largest absolute Gasteiger partial charge is 0.162 e. The van der Waals surface area contributed by atoms with Crippen LogP contribution in [0, 0.1) is 0 Å². The maximum Gasteiger partial charge on any atom is 0.162 e. The van der Waals surface area contributed by atoms with Gasteiger partial charge in [-0.25, -0.2) is 0 Å². The summed E-state index contributed by atoms with van der Waals surface area (Å²) in [6.07, 6.45) is 6.98. The van der Waals surface area contributed by atoms with Crippen molar-refractivity contribution in [3.8, 4) is 0 Å². The Morgan fingerprint density at radius 3 is 1.32 bits per heavy atom. The lowest BCUT2D eigenvalue weighted by Crippen LogP contribution is -2.84. The lowest BCUT2D eigenvalue weighted by molar-refractivity contribution is 0.303. The maximum atomic E-state index is 7.16. The van der Waals surface area contributed by atoms with Crippen molar-refractivity contribution in [2.45, 2.75) is 33.5 Å². The van der Waals surface area contributed by atoms with Crippen LogP contribution in [0.1, 0.15) is 0 Å². The van der Waals surface area contributed by atoms with Gasteiger partial charge >= 0.3 is 0 Å². The number of hydrogen-bond acceptors (Lipinski definition) is 0. The Labute approximate surface area is 231 Å². The molecule has 25 heavy (non-hydrogen) atoms. The van der Waals surface area contributed by atoms with E-state index < -0.39 is 33.5 Å². The van der Waals surface area contributed by atoms with E-state index >= 15 is 0 Å². The molecule has 0 amide bonds. The third-order valence-corrected chi connectivity index (χ3v) is 20.8. The minimum absolute atomic E-state index is 0.464. The summed E-state index contributed by atoms with van der Waals surface area (Å²) in [5.74, 6) is 0. The Kier molecular flexibility index (Phi) is 7.67. The van der Waals surface area contributed by atoms with Gasteiger partial charge < -0.3 is 0 Å². The highest BCUT2D eigenvalue weighted by Crippen LogP contribution is 2.81. The molecule has 144 valence electrons. The third kappa shape index (κ3) is 2.98. The van der Waals surface area contributed by atoms with Crippen LogP contribution in [-0.4, -0.2) is 33.5 Å². The van der Waals surface area contributed by atoms with Crippen LogP contribution in [0.5, 0.6) is 0 Å². The van der Waals surface area contributed by atoms with E-state index in [1.165, 1.54) is 0 Å². The molecule has 6 unspecified atom stereocenters. The second-order valence-electron chi connectivity index (χ2n) is 5.44. The van der Waals surface area contributed by atoms with Crippen LogP contribution in [0.4, 0.5) is 0 Å².